The molecule has 84 valence electrons. The molecule has 1 aromatic rings. The lowest BCUT2D eigenvalue weighted by atomic mass is 9.92. The molecule has 15 heavy (non-hydrogen) atoms. The van der Waals surface area contributed by atoms with E-state index in [1.165, 1.54) is 24.8 Å². The molecule has 1 aliphatic carbocycles. The predicted octanol–water partition coefficient (Wildman–Crippen LogP) is 1.98. The highest BCUT2D eigenvalue weighted by Crippen LogP contribution is 2.25. The van der Waals surface area contributed by atoms with Gasteiger partial charge in [0.15, 0.2) is 0 Å². The summed E-state index contributed by atoms with van der Waals surface area (Å²) in [7, 11) is 4.14. The van der Waals surface area contributed by atoms with Crippen LogP contribution in [-0.2, 0) is 13.1 Å². The van der Waals surface area contributed by atoms with E-state index in [2.05, 4.69) is 23.3 Å². The van der Waals surface area contributed by atoms with Crippen LogP contribution in [0.4, 0.5) is 0 Å². The summed E-state index contributed by atoms with van der Waals surface area (Å²) in [4.78, 5) is 2.39. The highest BCUT2D eigenvalue weighted by molar-refractivity contribution is 5.12. The van der Waals surface area contributed by atoms with Gasteiger partial charge in [0.25, 0.3) is 0 Å². The zero-order chi connectivity index (χ0) is 10.7. The lowest BCUT2D eigenvalue weighted by Crippen LogP contribution is -2.36. The second-order valence-electron chi connectivity index (χ2n) is 4.45. The van der Waals surface area contributed by atoms with Crippen LogP contribution in [0.1, 0.15) is 30.6 Å². The van der Waals surface area contributed by atoms with Crippen molar-refractivity contribution in [3.8, 4) is 0 Å². The van der Waals surface area contributed by atoms with Crippen molar-refractivity contribution < 1.29 is 4.42 Å². The summed E-state index contributed by atoms with van der Waals surface area (Å²) in [5.41, 5.74) is 1.23. The normalized spacial score (nSPS) is 17.0. The summed E-state index contributed by atoms with van der Waals surface area (Å²) in [6.45, 7) is 1.82. The Morgan fingerprint density at radius 1 is 1.53 bits per heavy atom. The van der Waals surface area contributed by atoms with Crippen LogP contribution in [0.2, 0.25) is 0 Å². The highest BCUT2D eigenvalue weighted by atomic mass is 16.3. The molecule has 0 spiro atoms. The zero-order valence-electron chi connectivity index (χ0n) is 9.62. The summed E-state index contributed by atoms with van der Waals surface area (Å²) < 4.78 is 5.52. The molecule has 1 aliphatic rings. The Hall–Kier alpha value is -0.800. The van der Waals surface area contributed by atoms with Gasteiger partial charge in [-0.2, -0.15) is 0 Å². The number of hydrogen-bond acceptors (Lipinski definition) is 3. The monoisotopic (exact) mass is 208 g/mol. The number of furan rings is 1. The fourth-order valence-electron chi connectivity index (χ4n) is 2.01. The Labute approximate surface area is 91.4 Å². The van der Waals surface area contributed by atoms with E-state index in [4.69, 9.17) is 4.42 Å². The van der Waals surface area contributed by atoms with Crippen LogP contribution in [0.25, 0.3) is 0 Å². The maximum Gasteiger partial charge on any atom is 0.118 e. The molecule has 0 aliphatic heterocycles. The lowest BCUT2D eigenvalue weighted by molar-refractivity contribution is 0.143. The number of nitrogens with one attached hydrogen (secondary N) is 1. The van der Waals surface area contributed by atoms with E-state index < -0.39 is 0 Å². The van der Waals surface area contributed by atoms with Crippen LogP contribution >= 0.6 is 0 Å². The molecule has 1 fully saturated rings. The summed E-state index contributed by atoms with van der Waals surface area (Å²) >= 11 is 0. The van der Waals surface area contributed by atoms with E-state index in [9.17, 15) is 0 Å². The maximum atomic E-state index is 5.52. The third-order valence-corrected chi connectivity index (χ3v) is 3.19. The summed E-state index contributed by atoms with van der Waals surface area (Å²) in [6.07, 6.45) is 5.93. The summed E-state index contributed by atoms with van der Waals surface area (Å²) in [6, 6.07) is 2.92. The molecule has 1 heterocycles. The molecular formula is C12H20N2O. The van der Waals surface area contributed by atoms with Gasteiger partial charge in [0.1, 0.15) is 5.76 Å². The molecule has 0 unspecified atom stereocenters. The molecule has 0 bridgehead atoms. The Balaban J connectivity index is 1.86. The molecule has 0 saturated heterocycles. The third kappa shape index (κ3) is 2.61. The number of rotatable bonds is 5. The Bertz CT molecular complexity index is 304. The van der Waals surface area contributed by atoms with Crippen molar-refractivity contribution in [3.63, 3.8) is 0 Å². The Morgan fingerprint density at radius 2 is 2.33 bits per heavy atom. The first kappa shape index (κ1) is 10.7. The van der Waals surface area contributed by atoms with Crippen molar-refractivity contribution >= 4 is 0 Å². The lowest BCUT2D eigenvalue weighted by Gasteiger charge is -2.34. The van der Waals surface area contributed by atoms with Gasteiger partial charge in [-0.15, -0.1) is 0 Å². The average Bonchev–Trinajstić information content (AvgIpc) is 2.49. The Morgan fingerprint density at radius 3 is 2.93 bits per heavy atom. The largest absolute Gasteiger partial charge is 0.468 e. The van der Waals surface area contributed by atoms with Crippen LogP contribution in [-0.4, -0.2) is 25.0 Å². The zero-order valence-corrected chi connectivity index (χ0v) is 9.62. The second kappa shape index (κ2) is 4.81. The highest BCUT2D eigenvalue weighted by Gasteiger charge is 2.22. The van der Waals surface area contributed by atoms with Crippen LogP contribution in [0.15, 0.2) is 16.7 Å². The van der Waals surface area contributed by atoms with Gasteiger partial charge >= 0.3 is 0 Å². The van der Waals surface area contributed by atoms with Crippen molar-refractivity contribution in [2.75, 3.05) is 14.1 Å². The van der Waals surface area contributed by atoms with Gasteiger partial charge in [-0.3, -0.25) is 4.90 Å². The third-order valence-electron chi connectivity index (χ3n) is 3.19. The molecule has 1 aromatic heterocycles. The van der Waals surface area contributed by atoms with Gasteiger partial charge in [-0.25, -0.2) is 0 Å². The minimum atomic E-state index is 0.780. The smallest absolute Gasteiger partial charge is 0.118 e. The molecule has 0 atom stereocenters. The van der Waals surface area contributed by atoms with Crippen LogP contribution < -0.4 is 5.32 Å². The fourth-order valence-corrected chi connectivity index (χ4v) is 2.01. The minimum Gasteiger partial charge on any atom is -0.468 e. The van der Waals surface area contributed by atoms with Crippen molar-refractivity contribution in [1.82, 2.24) is 10.2 Å². The summed E-state index contributed by atoms with van der Waals surface area (Å²) in [5.74, 6) is 1.08. The van der Waals surface area contributed by atoms with E-state index in [0.717, 1.165) is 24.9 Å². The van der Waals surface area contributed by atoms with Crippen molar-refractivity contribution in [1.29, 1.82) is 0 Å². The van der Waals surface area contributed by atoms with Gasteiger partial charge in [0, 0.05) is 18.2 Å². The van der Waals surface area contributed by atoms with Crippen molar-refractivity contribution in [2.24, 2.45) is 0 Å². The van der Waals surface area contributed by atoms with Gasteiger partial charge < -0.3 is 9.73 Å². The van der Waals surface area contributed by atoms with Gasteiger partial charge in [-0.05, 0) is 33.0 Å². The molecule has 0 aromatic carbocycles. The van der Waals surface area contributed by atoms with Crippen molar-refractivity contribution in [3.05, 3.63) is 23.7 Å². The van der Waals surface area contributed by atoms with E-state index in [1.807, 2.05) is 13.3 Å². The fraction of sp³-hybridized carbons (Fsp3) is 0.667. The number of hydrogen-bond donors (Lipinski definition) is 1. The van der Waals surface area contributed by atoms with Gasteiger partial charge in [-0.1, -0.05) is 6.42 Å². The van der Waals surface area contributed by atoms with E-state index in [1.54, 1.807) is 0 Å². The van der Waals surface area contributed by atoms with E-state index in [0.29, 0.717) is 0 Å². The standard InChI is InChI=1S/C12H20N2O/c1-13-7-10-6-12(15-9-10)8-14(2)11-4-3-5-11/h6,9,11,13H,3-5,7-8H2,1-2H3. The molecular weight excluding hydrogens is 188 g/mol. The molecule has 2 rings (SSSR count). The topological polar surface area (TPSA) is 28.4 Å². The summed E-state index contributed by atoms with van der Waals surface area (Å²) in [5, 5.41) is 3.12. The van der Waals surface area contributed by atoms with Crippen LogP contribution in [0.3, 0.4) is 0 Å². The molecule has 1 saturated carbocycles. The molecule has 3 heteroatoms. The van der Waals surface area contributed by atoms with Gasteiger partial charge in [0.05, 0.1) is 12.8 Å². The number of nitrogens with zero attached hydrogens (tertiary/aromatic N) is 1. The maximum absolute atomic E-state index is 5.52. The van der Waals surface area contributed by atoms with Crippen molar-refractivity contribution in [2.45, 2.75) is 38.4 Å². The SMILES string of the molecule is CNCc1coc(CN(C)C2CCC2)c1. The molecule has 3 nitrogen and oxygen atoms in total. The average molecular weight is 208 g/mol. The molecule has 0 amide bonds. The van der Waals surface area contributed by atoms with Crippen LogP contribution in [0, 0.1) is 0 Å². The predicted molar refractivity (Wildman–Crippen MR) is 60.6 cm³/mol. The Kier molecular flexibility index (Phi) is 3.44. The van der Waals surface area contributed by atoms with Gasteiger partial charge in [0.2, 0.25) is 0 Å². The van der Waals surface area contributed by atoms with Crippen LogP contribution in [0.5, 0.6) is 0 Å². The quantitative estimate of drug-likeness (QED) is 0.802. The second-order valence-corrected chi connectivity index (χ2v) is 4.45. The first-order valence-electron chi connectivity index (χ1n) is 5.70. The molecule has 1 N–H and O–H groups in total. The van der Waals surface area contributed by atoms with E-state index >= 15 is 0 Å². The first-order chi connectivity index (χ1) is 7.29. The molecule has 0 radical (unpaired) electrons. The first-order valence-corrected chi connectivity index (χ1v) is 5.70. The van der Waals surface area contributed by atoms with E-state index in [-0.39, 0.29) is 0 Å². The minimum absolute atomic E-state index is 0.780.